The number of nitrogens with one attached hydrogen (secondary N) is 1. The molecule has 0 aliphatic rings. The highest BCUT2D eigenvalue weighted by atomic mass is 35.5. The third-order valence-electron chi connectivity index (χ3n) is 4.49. The second-order valence-electron chi connectivity index (χ2n) is 6.86. The number of benzene rings is 2. The Labute approximate surface area is 182 Å². The normalized spacial score (nSPS) is 12.0. The van der Waals surface area contributed by atoms with Gasteiger partial charge in [-0.2, -0.15) is 0 Å². The van der Waals surface area contributed by atoms with E-state index in [1.54, 1.807) is 0 Å². The number of aliphatic hydroxyl groups excluding tert-OH is 1. The number of aryl methyl sites for hydroxylation is 1. The monoisotopic (exact) mass is 445 g/mol. The molecule has 0 unspecified atom stereocenters. The average Bonchev–Trinajstić information content (AvgIpc) is 3.17. The van der Waals surface area contributed by atoms with Crippen LogP contribution in [0.5, 0.6) is 0 Å². The van der Waals surface area contributed by atoms with Gasteiger partial charge in [0.05, 0.1) is 12.7 Å². The Morgan fingerprint density at radius 3 is 2.55 bits per heavy atom. The number of carboxylic acids is 1. The number of rotatable bonds is 8. The lowest BCUT2D eigenvalue weighted by molar-refractivity contribution is -0.148. The van der Waals surface area contributed by atoms with Gasteiger partial charge >= 0.3 is 5.97 Å². The maximum atomic E-state index is 12.3. The molecule has 31 heavy (non-hydrogen) atoms. The molecule has 0 radical (unpaired) electrons. The van der Waals surface area contributed by atoms with E-state index in [-0.39, 0.29) is 18.8 Å². The highest BCUT2D eigenvalue weighted by Gasteiger charge is 2.21. The number of hydrogen-bond acceptors (Lipinski definition) is 7. The number of aliphatic hydroxyl groups is 1. The van der Waals surface area contributed by atoms with Gasteiger partial charge < -0.3 is 15.4 Å². The molecule has 3 aromatic rings. The van der Waals surface area contributed by atoms with Gasteiger partial charge in [0, 0.05) is 11.6 Å². The molecule has 3 rings (SSSR count). The van der Waals surface area contributed by atoms with Gasteiger partial charge in [-0.05, 0) is 46.5 Å². The van der Waals surface area contributed by atoms with E-state index in [0.717, 1.165) is 28.5 Å². The van der Waals surface area contributed by atoms with Crippen LogP contribution < -0.4 is 5.43 Å². The summed E-state index contributed by atoms with van der Waals surface area (Å²) in [6.07, 6.45) is -0.731. The van der Waals surface area contributed by atoms with Crippen molar-refractivity contribution in [1.29, 1.82) is 0 Å². The Bertz CT molecular complexity index is 1090. The number of carbonyl (C=O) groups excluding carboxylic acids is 1. The molecule has 1 atom stereocenters. The number of nitrogens with zero attached hydrogens (tertiary/aromatic N) is 4. The van der Waals surface area contributed by atoms with E-state index in [9.17, 15) is 14.7 Å². The number of aromatic nitrogens is 3. The highest BCUT2D eigenvalue weighted by molar-refractivity contribution is 6.30. The van der Waals surface area contributed by atoms with Crippen molar-refractivity contribution >= 4 is 23.5 Å². The van der Waals surface area contributed by atoms with Crippen molar-refractivity contribution in [2.24, 2.45) is 0 Å². The number of carboxylic acid groups (broad SMARTS) is 1. The number of hydrazine groups is 1. The SMILES string of the molecule is Cc1ccc(Cl)cc1-c1ccc(CN(C[C@@H](O)C(=O)O)NC(=O)c2cn(O)nn2)cc1. The first-order valence-electron chi connectivity index (χ1n) is 9.17. The average molecular weight is 446 g/mol. The van der Waals surface area contributed by atoms with Gasteiger partial charge in [-0.15, -0.1) is 5.10 Å². The molecule has 0 saturated heterocycles. The Balaban J connectivity index is 1.77. The molecule has 4 N–H and O–H groups in total. The summed E-state index contributed by atoms with van der Waals surface area (Å²) in [5.74, 6) is -2.14. The molecule has 0 aliphatic carbocycles. The van der Waals surface area contributed by atoms with Crippen LogP contribution in [0, 0.1) is 6.92 Å². The largest absolute Gasteiger partial charge is 0.479 e. The maximum Gasteiger partial charge on any atom is 0.333 e. The van der Waals surface area contributed by atoms with Crippen molar-refractivity contribution in [3.8, 4) is 11.1 Å². The van der Waals surface area contributed by atoms with Crippen molar-refractivity contribution in [2.75, 3.05) is 6.54 Å². The lowest BCUT2D eigenvalue weighted by atomic mass is 9.99. The van der Waals surface area contributed by atoms with Crippen LogP contribution in [-0.2, 0) is 11.3 Å². The lowest BCUT2D eigenvalue weighted by Crippen LogP contribution is -2.47. The minimum Gasteiger partial charge on any atom is -0.479 e. The minimum absolute atomic E-state index is 0.109. The van der Waals surface area contributed by atoms with Crippen LogP contribution in [0.15, 0.2) is 48.7 Å². The standard InChI is InChI=1S/C20H20ClN5O5/c1-12-2-7-15(21)8-16(12)14-5-3-13(4-6-14)9-25(11-18(27)20(29)30)23-19(28)17-10-26(31)24-22-17/h2-8,10,18,27,31H,9,11H2,1H3,(H,23,28)(H,29,30)/t18-/m1/s1. The number of amides is 1. The van der Waals surface area contributed by atoms with Crippen LogP contribution in [0.3, 0.4) is 0 Å². The van der Waals surface area contributed by atoms with Gasteiger partial charge in [-0.1, -0.05) is 46.8 Å². The zero-order chi connectivity index (χ0) is 22.5. The minimum atomic E-state index is -1.72. The molecule has 11 heteroatoms. The van der Waals surface area contributed by atoms with E-state index in [1.807, 2.05) is 49.4 Å². The fraction of sp³-hybridized carbons (Fsp3) is 0.200. The molecule has 0 spiro atoms. The molecule has 10 nitrogen and oxygen atoms in total. The Kier molecular flexibility index (Phi) is 6.85. The Morgan fingerprint density at radius 1 is 1.23 bits per heavy atom. The van der Waals surface area contributed by atoms with Gasteiger partial charge in [0.1, 0.15) is 0 Å². The topological polar surface area (TPSA) is 141 Å². The van der Waals surface area contributed by atoms with Crippen molar-refractivity contribution in [3.63, 3.8) is 0 Å². The molecule has 0 bridgehead atoms. The van der Waals surface area contributed by atoms with E-state index in [4.69, 9.17) is 21.9 Å². The first kappa shape index (κ1) is 22.2. The molecule has 1 heterocycles. The predicted octanol–water partition coefficient (Wildman–Crippen LogP) is 1.74. The summed E-state index contributed by atoms with van der Waals surface area (Å²) < 4.78 is 0. The summed E-state index contributed by atoms with van der Waals surface area (Å²) in [5, 5.41) is 36.5. The fourth-order valence-electron chi connectivity index (χ4n) is 2.91. The first-order chi connectivity index (χ1) is 14.7. The van der Waals surface area contributed by atoms with Gasteiger partial charge in [0.25, 0.3) is 5.91 Å². The van der Waals surface area contributed by atoms with E-state index < -0.39 is 18.0 Å². The van der Waals surface area contributed by atoms with E-state index >= 15 is 0 Å². The Hall–Kier alpha value is -3.47. The zero-order valence-electron chi connectivity index (χ0n) is 16.4. The van der Waals surface area contributed by atoms with E-state index in [0.29, 0.717) is 9.87 Å². The molecule has 0 fully saturated rings. The molecule has 2 aromatic carbocycles. The van der Waals surface area contributed by atoms with Crippen molar-refractivity contribution in [2.45, 2.75) is 19.6 Å². The third-order valence-corrected chi connectivity index (χ3v) is 4.73. The Morgan fingerprint density at radius 2 is 1.94 bits per heavy atom. The van der Waals surface area contributed by atoms with Gasteiger partial charge in [-0.3, -0.25) is 10.2 Å². The van der Waals surface area contributed by atoms with Crippen LogP contribution in [0.1, 0.15) is 21.6 Å². The second-order valence-corrected chi connectivity index (χ2v) is 7.29. The summed E-state index contributed by atoms with van der Waals surface area (Å²) in [6.45, 7) is 1.72. The first-order valence-corrected chi connectivity index (χ1v) is 9.54. The third kappa shape index (κ3) is 5.79. The number of halogens is 1. The number of aliphatic carboxylic acids is 1. The van der Waals surface area contributed by atoms with Gasteiger partial charge in [-0.25, -0.2) is 9.80 Å². The molecule has 0 saturated carbocycles. The summed E-state index contributed by atoms with van der Waals surface area (Å²) >= 11 is 6.10. The molecular formula is C20H20ClN5O5. The van der Waals surface area contributed by atoms with Gasteiger partial charge in [0.2, 0.25) is 0 Å². The van der Waals surface area contributed by atoms with Gasteiger partial charge in [0.15, 0.2) is 11.8 Å². The summed E-state index contributed by atoms with van der Waals surface area (Å²) in [5.41, 5.74) is 6.05. The summed E-state index contributed by atoms with van der Waals surface area (Å²) in [4.78, 5) is 23.7. The predicted molar refractivity (Wildman–Crippen MR) is 110 cm³/mol. The van der Waals surface area contributed by atoms with Crippen molar-refractivity contribution < 1.29 is 25.0 Å². The zero-order valence-corrected chi connectivity index (χ0v) is 17.2. The molecule has 1 aromatic heterocycles. The van der Waals surface area contributed by atoms with Crippen LogP contribution in [0.25, 0.3) is 11.1 Å². The number of hydrogen-bond donors (Lipinski definition) is 4. The van der Waals surface area contributed by atoms with Crippen molar-refractivity contribution in [3.05, 3.63) is 70.5 Å². The molecule has 1 amide bonds. The van der Waals surface area contributed by atoms with Crippen LogP contribution in [-0.4, -0.2) is 60.1 Å². The second kappa shape index (κ2) is 9.56. The van der Waals surface area contributed by atoms with Crippen LogP contribution in [0.2, 0.25) is 5.02 Å². The van der Waals surface area contributed by atoms with Crippen LogP contribution >= 0.6 is 11.6 Å². The molecule has 162 valence electrons. The van der Waals surface area contributed by atoms with Crippen molar-refractivity contribution in [1.82, 2.24) is 25.6 Å². The lowest BCUT2D eigenvalue weighted by Gasteiger charge is -2.24. The van der Waals surface area contributed by atoms with Crippen LogP contribution in [0.4, 0.5) is 0 Å². The van der Waals surface area contributed by atoms with E-state index in [1.165, 1.54) is 5.01 Å². The molecular weight excluding hydrogens is 426 g/mol. The smallest absolute Gasteiger partial charge is 0.333 e. The quantitative estimate of drug-likeness (QED) is 0.303. The maximum absolute atomic E-state index is 12.3. The fourth-order valence-corrected chi connectivity index (χ4v) is 3.08. The number of carbonyl (C=O) groups is 2. The van der Waals surface area contributed by atoms with E-state index in [2.05, 4.69) is 15.7 Å². The molecule has 0 aliphatic heterocycles. The highest BCUT2D eigenvalue weighted by Crippen LogP contribution is 2.27. The summed E-state index contributed by atoms with van der Waals surface area (Å²) in [6, 6.07) is 13.0. The summed E-state index contributed by atoms with van der Waals surface area (Å²) in [7, 11) is 0.